The van der Waals surface area contributed by atoms with Crippen LogP contribution in [-0.4, -0.2) is 18.3 Å². The molecule has 1 aromatic carbocycles. The Balaban J connectivity index is 1.86. The summed E-state index contributed by atoms with van der Waals surface area (Å²) in [5.41, 5.74) is 8.62. The molecular formula is C20H24O2. The molecule has 1 N–H and O–H groups in total. The molecule has 2 heteroatoms. The monoisotopic (exact) mass is 296 g/mol. The molecule has 0 bridgehead atoms. The van der Waals surface area contributed by atoms with E-state index in [0.717, 1.165) is 37.9 Å². The molecule has 0 spiro atoms. The summed E-state index contributed by atoms with van der Waals surface area (Å²) in [6, 6.07) is 4.35. The van der Waals surface area contributed by atoms with E-state index in [0.29, 0.717) is 0 Å². The first kappa shape index (κ1) is 14.1. The zero-order valence-electron chi connectivity index (χ0n) is 13.7. The first-order valence-corrected chi connectivity index (χ1v) is 8.34. The number of fused-ring (bicyclic) bond motifs is 4. The van der Waals surface area contributed by atoms with Crippen LogP contribution in [0.2, 0.25) is 0 Å². The van der Waals surface area contributed by atoms with Gasteiger partial charge in [0.05, 0.1) is 13.2 Å². The van der Waals surface area contributed by atoms with E-state index in [1.807, 2.05) is 0 Å². The number of ether oxygens (including phenoxy) is 1. The van der Waals surface area contributed by atoms with Crippen LogP contribution in [0.1, 0.15) is 49.3 Å². The molecule has 4 rings (SSSR count). The third-order valence-electron chi connectivity index (χ3n) is 6.20. The van der Waals surface area contributed by atoms with Gasteiger partial charge in [-0.1, -0.05) is 19.1 Å². The van der Waals surface area contributed by atoms with E-state index in [-0.39, 0.29) is 11.5 Å². The van der Waals surface area contributed by atoms with Crippen molar-refractivity contribution in [2.75, 3.05) is 7.11 Å². The van der Waals surface area contributed by atoms with Crippen LogP contribution in [0.3, 0.4) is 0 Å². The predicted molar refractivity (Wildman–Crippen MR) is 89.0 cm³/mol. The predicted octanol–water partition coefficient (Wildman–Crippen LogP) is 4.19. The van der Waals surface area contributed by atoms with Crippen LogP contribution < -0.4 is 4.74 Å². The third kappa shape index (κ3) is 1.70. The van der Waals surface area contributed by atoms with E-state index in [2.05, 4.69) is 32.1 Å². The normalized spacial score (nSPS) is 29.6. The number of benzene rings is 1. The van der Waals surface area contributed by atoms with Crippen LogP contribution in [-0.2, 0) is 6.42 Å². The Morgan fingerprint density at radius 2 is 2.00 bits per heavy atom. The molecular weight excluding hydrogens is 272 g/mol. The van der Waals surface area contributed by atoms with Crippen molar-refractivity contribution in [2.45, 2.75) is 52.1 Å². The highest BCUT2D eigenvalue weighted by Crippen LogP contribution is 2.55. The average molecular weight is 296 g/mol. The average Bonchev–Trinajstić information content (AvgIpc) is 2.83. The maximum Gasteiger partial charge on any atom is 0.122 e. The standard InChI is InChI=1S/C20H24O2/c1-12-13-4-5-16-15(14(13)6-8-18(12)22-3)10-11-20(2)17(16)7-9-19(20)21/h6-8,19,21H,4-5,9-11H2,1-3H3/t19-,20+/m0/s1. The molecule has 3 aliphatic carbocycles. The molecule has 2 nitrogen and oxygen atoms in total. The number of aliphatic hydroxyl groups excluding tert-OH is 1. The van der Waals surface area contributed by atoms with Gasteiger partial charge in [0.1, 0.15) is 5.75 Å². The molecule has 1 aromatic rings. The van der Waals surface area contributed by atoms with E-state index < -0.39 is 0 Å². The van der Waals surface area contributed by atoms with Crippen molar-refractivity contribution < 1.29 is 9.84 Å². The summed E-state index contributed by atoms with van der Waals surface area (Å²) in [6.45, 7) is 4.42. The maximum atomic E-state index is 10.4. The second kappa shape index (κ2) is 4.73. The fraction of sp³-hybridized carbons (Fsp3) is 0.500. The fourth-order valence-corrected chi connectivity index (χ4v) is 4.76. The molecule has 0 aromatic heterocycles. The van der Waals surface area contributed by atoms with Crippen molar-refractivity contribution in [3.63, 3.8) is 0 Å². The first-order chi connectivity index (χ1) is 10.6. The van der Waals surface area contributed by atoms with Crippen LogP contribution in [0.15, 0.2) is 29.4 Å². The van der Waals surface area contributed by atoms with Gasteiger partial charge >= 0.3 is 0 Å². The second-order valence-electron chi connectivity index (χ2n) is 7.16. The van der Waals surface area contributed by atoms with Gasteiger partial charge in [-0.2, -0.15) is 0 Å². The summed E-state index contributed by atoms with van der Waals surface area (Å²) in [6.07, 6.45) is 7.24. The SMILES string of the molecule is COc1ccc2c(c1C)CCC1=C2CC[C@]2(C)C1=CC[C@@H]2O. The zero-order chi connectivity index (χ0) is 15.5. The van der Waals surface area contributed by atoms with Gasteiger partial charge in [0.15, 0.2) is 0 Å². The largest absolute Gasteiger partial charge is 0.496 e. The van der Waals surface area contributed by atoms with E-state index in [4.69, 9.17) is 4.74 Å². The summed E-state index contributed by atoms with van der Waals surface area (Å²) in [7, 11) is 1.75. The topological polar surface area (TPSA) is 29.5 Å². The zero-order valence-corrected chi connectivity index (χ0v) is 13.7. The summed E-state index contributed by atoms with van der Waals surface area (Å²) in [5.74, 6) is 0.999. The van der Waals surface area contributed by atoms with Crippen LogP contribution in [0, 0.1) is 12.3 Å². The van der Waals surface area contributed by atoms with Gasteiger partial charge in [-0.15, -0.1) is 0 Å². The summed E-state index contributed by atoms with van der Waals surface area (Å²) in [4.78, 5) is 0. The first-order valence-electron chi connectivity index (χ1n) is 8.34. The van der Waals surface area contributed by atoms with E-state index in [9.17, 15) is 5.11 Å². The number of aliphatic hydroxyl groups is 1. The van der Waals surface area contributed by atoms with Crippen LogP contribution in [0.5, 0.6) is 5.75 Å². The number of rotatable bonds is 1. The van der Waals surface area contributed by atoms with Gasteiger partial charge in [-0.25, -0.2) is 0 Å². The summed E-state index contributed by atoms with van der Waals surface area (Å²) < 4.78 is 5.49. The molecule has 0 unspecified atom stereocenters. The third-order valence-corrected chi connectivity index (χ3v) is 6.20. The Kier molecular flexibility index (Phi) is 3.02. The molecule has 2 atom stereocenters. The van der Waals surface area contributed by atoms with Crippen LogP contribution in [0.4, 0.5) is 0 Å². The van der Waals surface area contributed by atoms with Gasteiger partial charge in [-0.05, 0) is 78.5 Å². The smallest absolute Gasteiger partial charge is 0.122 e. The molecule has 0 fully saturated rings. The lowest BCUT2D eigenvalue weighted by molar-refractivity contribution is 0.0728. The lowest BCUT2D eigenvalue weighted by atomic mass is 9.65. The van der Waals surface area contributed by atoms with Gasteiger partial charge in [-0.3, -0.25) is 0 Å². The van der Waals surface area contributed by atoms with Crippen molar-refractivity contribution in [1.82, 2.24) is 0 Å². The summed E-state index contributed by atoms with van der Waals surface area (Å²) >= 11 is 0. The molecule has 0 heterocycles. The number of allylic oxidation sites excluding steroid dienone is 2. The van der Waals surface area contributed by atoms with Gasteiger partial charge in [0, 0.05) is 5.41 Å². The van der Waals surface area contributed by atoms with Crippen molar-refractivity contribution in [2.24, 2.45) is 5.41 Å². The van der Waals surface area contributed by atoms with Gasteiger partial charge in [0.25, 0.3) is 0 Å². The Morgan fingerprint density at radius 3 is 2.77 bits per heavy atom. The molecule has 0 radical (unpaired) electrons. The number of hydrogen-bond donors (Lipinski definition) is 1. The quantitative estimate of drug-likeness (QED) is 0.842. The highest BCUT2D eigenvalue weighted by atomic mass is 16.5. The van der Waals surface area contributed by atoms with E-state index in [1.165, 1.54) is 33.4 Å². The number of methoxy groups -OCH3 is 1. The van der Waals surface area contributed by atoms with Crippen molar-refractivity contribution in [3.8, 4) is 5.75 Å². The van der Waals surface area contributed by atoms with E-state index >= 15 is 0 Å². The van der Waals surface area contributed by atoms with Gasteiger partial charge in [0.2, 0.25) is 0 Å². The van der Waals surface area contributed by atoms with Crippen LogP contribution >= 0.6 is 0 Å². The molecule has 0 saturated carbocycles. The fourth-order valence-electron chi connectivity index (χ4n) is 4.76. The van der Waals surface area contributed by atoms with E-state index in [1.54, 1.807) is 7.11 Å². The second-order valence-corrected chi connectivity index (χ2v) is 7.16. The minimum atomic E-state index is -0.199. The Morgan fingerprint density at radius 1 is 1.18 bits per heavy atom. The van der Waals surface area contributed by atoms with Crippen molar-refractivity contribution in [3.05, 3.63) is 46.0 Å². The lowest BCUT2D eigenvalue weighted by Gasteiger charge is -2.41. The van der Waals surface area contributed by atoms with Crippen molar-refractivity contribution >= 4 is 5.57 Å². The molecule has 22 heavy (non-hydrogen) atoms. The molecule has 0 saturated heterocycles. The highest BCUT2D eigenvalue weighted by Gasteiger charge is 2.45. The molecule has 0 amide bonds. The molecule has 0 aliphatic heterocycles. The summed E-state index contributed by atoms with van der Waals surface area (Å²) in [5, 5.41) is 10.4. The Bertz CT molecular complexity index is 711. The Labute approximate surface area is 132 Å². The minimum absolute atomic E-state index is 0.0160. The number of hydrogen-bond acceptors (Lipinski definition) is 2. The Hall–Kier alpha value is -1.54. The maximum absolute atomic E-state index is 10.4. The van der Waals surface area contributed by atoms with Gasteiger partial charge < -0.3 is 9.84 Å². The molecule has 3 aliphatic rings. The lowest BCUT2D eigenvalue weighted by Crippen LogP contribution is -2.33. The van der Waals surface area contributed by atoms with Crippen LogP contribution in [0.25, 0.3) is 5.57 Å². The van der Waals surface area contributed by atoms with Crippen molar-refractivity contribution in [1.29, 1.82) is 0 Å². The highest BCUT2D eigenvalue weighted by molar-refractivity contribution is 5.80. The minimum Gasteiger partial charge on any atom is -0.496 e. The molecule has 116 valence electrons.